The fourth-order valence-electron chi connectivity index (χ4n) is 4.52. The Morgan fingerprint density at radius 3 is 2.18 bits per heavy atom. The molecule has 1 heterocycles. The number of benzene rings is 4. The lowest BCUT2D eigenvalue weighted by molar-refractivity contribution is -0.137. The van der Waals surface area contributed by atoms with Crippen LogP contribution in [0.5, 0.6) is 0 Å². The zero-order chi connectivity index (χ0) is 26.9. The average Bonchev–Trinajstić information content (AvgIpc) is 3.36. The maximum atomic E-state index is 13.2. The van der Waals surface area contributed by atoms with Crippen molar-refractivity contribution < 1.29 is 22.8 Å². The Kier molecular flexibility index (Phi) is 6.95. The van der Waals surface area contributed by atoms with Gasteiger partial charge in [0.2, 0.25) is 5.91 Å². The van der Waals surface area contributed by atoms with Crippen molar-refractivity contribution >= 4 is 29.1 Å². The molecular formula is C30H22ClF3N2O2. The molecule has 4 aromatic rings. The van der Waals surface area contributed by atoms with E-state index in [4.69, 9.17) is 11.6 Å². The molecule has 4 aromatic carbocycles. The van der Waals surface area contributed by atoms with E-state index in [9.17, 15) is 22.8 Å². The van der Waals surface area contributed by atoms with E-state index in [1.165, 1.54) is 12.1 Å². The summed E-state index contributed by atoms with van der Waals surface area (Å²) >= 11 is 6.44. The lowest BCUT2D eigenvalue weighted by atomic mass is 9.98. The van der Waals surface area contributed by atoms with Crippen LogP contribution in [0, 0.1) is 0 Å². The highest BCUT2D eigenvalue weighted by molar-refractivity contribution is 6.30. The maximum absolute atomic E-state index is 13.2. The minimum absolute atomic E-state index is 0.190. The van der Waals surface area contributed by atoms with Crippen LogP contribution in [-0.2, 0) is 24.1 Å². The van der Waals surface area contributed by atoms with Crippen molar-refractivity contribution in [1.29, 1.82) is 0 Å². The number of rotatable bonds is 5. The molecular weight excluding hydrogens is 513 g/mol. The number of anilines is 1. The molecule has 1 N–H and O–H groups in total. The van der Waals surface area contributed by atoms with E-state index in [-0.39, 0.29) is 5.91 Å². The topological polar surface area (TPSA) is 49.4 Å². The summed E-state index contributed by atoms with van der Waals surface area (Å²) in [6.07, 6.45) is -4.44. The Morgan fingerprint density at radius 2 is 1.47 bits per heavy atom. The van der Waals surface area contributed by atoms with Gasteiger partial charge in [0.25, 0.3) is 5.91 Å². The summed E-state index contributed by atoms with van der Waals surface area (Å²) in [7, 11) is 0. The Morgan fingerprint density at radius 1 is 0.816 bits per heavy atom. The van der Waals surface area contributed by atoms with E-state index in [1.54, 1.807) is 35.2 Å². The minimum atomic E-state index is -4.44. The van der Waals surface area contributed by atoms with Crippen LogP contribution in [0.15, 0.2) is 97.1 Å². The van der Waals surface area contributed by atoms with Crippen LogP contribution < -0.4 is 5.32 Å². The second-order valence-corrected chi connectivity index (χ2v) is 9.46. The van der Waals surface area contributed by atoms with Gasteiger partial charge in [0.1, 0.15) is 5.38 Å². The van der Waals surface area contributed by atoms with Gasteiger partial charge in [-0.15, -0.1) is 11.6 Å². The van der Waals surface area contributed by atoms with Crippen molar-refractivity contribution in [2.24, 2.45) is 0 Å². The van der Waals surface area contributed by atoms with Gasteiger partial charge in [-0.1, -0.05) is 66.7 Å². The molecule has 4 nitrogen and oxygen atoms in total. The van der Waals surface area contributed by atoms with Crippen LogP contribution in [0.3, 0.4) is 0 Å². The molecule has 1 aliphatic heterocycles. The van der Waals surface area contributed by atoms with Crippen LogP contribution in [0.4, 0.5) is 18.9 Å². The van der Waals surface area contributed by atoms with E-state index < -0.39 is 23.0 Å². The normalized spacial score (nSPS) is 13.6. The number of nitrogens with one attached hydrogen (secondary N) is 1. The average molecular weight is 535 g/mol. The lowest BCUT2D eigenvalue weighted by Crippen LogP contribution is -2.28. The molecule has 0 radical (unpaired) electrons. The zero-order valence-corrected chi connectivity index (χ0v) is 20.8. The number of alkyl halides is 4. The first-order valence-corrected chi connectivity index (χ1v) is 12.3. The molecule has 1 unspecified atom stereocenters. The molecule has 0 spiro atoms. The van der Waals surface area contributed by atoms with E-state index >= 15 is 0 Å². The number of carbonyl (C=O) groups is 2. The molecule has 0 saturated heterocycles. The molecule has 2 amide bonds. The largest absolute Gasteiger partial charge is 0.416 e. The van der Waals surface area contributed by atoms with Crippen molar-refractivity contribution in [3.05, 3.63) is 125 Å². The third-order valence-electron chi connectivity index (χ3n) is 6.50. The third-order valence-corrected chi connectivity index (χ3v) is 6.94. The Balaban J connectivity index is 1.31. The van der Waals surface area contributed by atoms with Crippen molar-refractivity contribution in [2.45, 2.75) is 24.6 Å². The highest BCUT2D eigenvalue weighted by Gasteiger charge is 2.31. The molecule has 0 aromatic heterocycles. The van der Waals surface area contributed by atoms with Crippen LogP contribution >= 0.6 is 11.6 Å². The number of hydrogen-bond donors (Lipinski definition) is 1. The van der Waals surface area contributed by atoms with E-state index in [2.05, 4.69) is 5.32 Å². The maximum Gasteiger partial charge on any atom is 0.416 e. The molecule has 5 rings (SSSR count). The smallest absolute Gasteiger partial charge is 0.332 e. The SMILES string of the molecule is O=C(Nc1ccc2c(c1)CN(C(=O)C(Cl)c1ccccc1)C2)c1ccccc1-c1ccc(C(F)(F)F)cc1. The molecule has 1 aliphatic rings. The van der Waals surface area contributed by atoms with Gasteiger partial charge < -0.3 is 10.2 Å². The summed E-state index contributed by atoms with van der Waals surface area (Å²) in [5.74, 6) is -0.582. The quantitative estimate of drug-likeness (QED) is 0.270. The van der Waals surface area contributed by atoms with Gasteiger partial charge >= 0.3 is 6.18 Å². The molecule has 0 bridgehead atoms. The van der Waals surface area contributed by atoms with Crippen molar-refractivity contribution in [3.63, 3.8) is 0 Å². The van der Waals surface area contributed by atoms with Crippen molar-refractivity contribution in [1.82, 2.24) is 4.90 Å². The first-order chi connectivity index (χ1) is 18.2. The zero-order valence-electron chi connectivity index (χ0n) is 20.0. The number of fused-ring (bicyclic) bond motifs is 1. The van der Waals surface area contributed by atoms with Crippen LogP contribution in [0.1, 0.15) is 38.0 Å². The van der Waals surface area contributed by atoms with E-state index in [0.29, 0.717) is 35.5 Å². The molecule has 0 aliphatic carbocycles. The standard InChI is InChI=1S/C30H22ClF3N2O2/c31-27(20-6-2-1-3-7-20)29(38)36-17-21-12-15-24(16-22(21)18-36)35-28(37)26-9-5-4-8-25(26)19-10-13-23(14-11-19)30(32,33)34/h1-16,27H,17-18H2,(H,35,37). The number of carbonyl (C=O) groups excluding carboxylic acids is 2. The summed E-state index contributed by atoms with van der Waals surface area (Å²) in [5.41, 5.74) is 3.76. The van der Waals surface area contributed by atoms with Gasteiger partial charge in [0, 0.05) is 24.3 Å². The first-order valence-electron chi connectivity index (χ1n) is 11.9. The molecule has 1 atom stereocenters. The summed E-state index contributed by atoms with van der Waals surface area (Å²) in [4.78, 5) is 27.8. The molecule has 0 fully saturated rings. The van der Waals surface area contributed by atoms with Crippen LogP contribution in [0.2, 0.25) is 0 Å². The number of amides is 2. The van der Waals surface area contributed by atoms with Crippen LogP contribution in [0.25, 0.3) is 11.1 Å². The number of hydrogen-bond acceptors (Lipinski definition) is 2. The molecule has 38 heavy (non-hydrogen) atoms. The summed E-state index contributed by atoms with van der Waals surface area (Å²) < 4.78 is 38.9. The van der Waals surface area contributed by atoms with E-state index in [1.807, 2.05) is 42.5 Å². The minimum Gasteiger partial charge on any atom is -0.332 e. The van der Waals surface area contributed by atoms with Crippen molar-refractivity contribution in [2.75, 3.05) is 5.32 Å². The predicted octanol–water partition coefficient (Wildman–Crippen LogP) is 7.45. The number of nitrogens with zero attached hydrogens (tertiary/aromatic N) is 1. The van der Waals surface area contributed by atoms with Gasteiger partial charge in [-0.05, 0) is 58.1 Å². The van der Waals surface area contributed by atoms with E-state index in [0.717, 1.165) is 28.8 Å². The van der Waals surface area contributed by atoms with Crippen molar-refractivity contribution in [3.8, 4) is 11.1 Å². The van der Waals surface area contributed by atoms with Gasteiger partial charge in [0.05, 0.1) is 5.56 Å². The molecule has 192 valence electrons. The van der Waals surface area contributed by atoms with Gasteiger partial charge in [-0.2, -0.15) is 13.2 Å². The fourth-order valence-corrected chi connectivity index (χ4v) is 4.81. The molecule has 8 heteroatoms. The van der Waals surface area contributed by atoms with Gasteiger partial charge in [0.15, 0.2) is 0 Å². The predicted molar refractivity (Wildman–Crippen MR) is 141 cm³/mol. The fraction of sp³-hybridized carbons (Fsp3) is 0.133. The second kappa shape index (κ2) is 10.3. The summed E-state index contributed by atoms with van der Waals surface area (Å²) in [5, 5.41) is 2.09. The Hall–Kier alpha value is -4.10. The summed E-state index contributed by atoms with van der Waals surface area (Å²) in [6.45, 7) is 0.797. The van der Waals surface area contributed by atoms with Crippen LogP contribution in [-0.4, -0.2) is 16.7 Å². The number of halogens is 4. The first kappa shape index (κ1) is 25.5. The van der Waals surface area contributed by atoms with Gasteiger partial charge in [-0.25, -0.2) is 0 Å². The second-order valence-electron chi connectivity index (χ2n) is 9.03. The molecule has 0 saturated carbocycles. The monoisotopic (exact) mass is 534 g/mol. The van der Waals surface area contributed by atoms with Gasteiger partial charge in [-0.3, -0.25) is 9.59 Å². The lowest BCUT2D eigenvalue weighted by Gasteiger charge is -2.19. The Bertz CT molecular complexity index is 1490. The third kappa shape index (κ3) is 5.29. The highest BCUT2D eigenvalue weighted by Crippen LogP contribution is 2.33. The summed E-state index contributed by atoms with van der Waals surface area (Å²) in [6, 6.07) is 26.1. The Labute approximate surface area is 222 Å². The highest BCUT2D eigenvalue weighted by atomic mass is 35.5.